The first-order valence-electron chi connectivity index (χ1n) is 11.1. The van der Waals surface area contributed by atoms with Gasteiger partial charge in [0.25, 0.3) is 0 Å². The smallest absolute Gasteiger partial charge is 0.242 e. The first kappa shape index (κ1) is 24.6. The van der Waals surface area contributed by atoms with E-state index < -0.39 is 6.04 Å². The van der Waals surface area contributed by atoms with Crippen LogP contribution in [0, 0.1) is 5.82 Å². The largest absolute Gasteiger partial charge is 0.352 e. The summed E-state index contributed by atoms with van der Waals surface area (Å²) in [6, 6.07) is 13.2. The van der Waals surface area contributed by atoms with Gasteiger partial charge >= 0.3 is 0 Å². The molecule has 172 valence electrons. The molecule has 2 amide bonds. The molecule has 0 radical (unpaired) electrons. The van der Waals surface area contributed by atoms with E-state index in [1.807, 2.05) is 18.2 Å². The second-order valence-electron chi connectivity index (χ2n) is 8.25. The Kier molecular flexibility index (Phi) is 9.42. The summed E-state index contributed by atoms with van der Waals surface area (Å²) < 4.78 is 13.1. The van der Waals surface area contributed by atoms with Crippen molar-refractivity contribution in [2.45, 2.75) is 63.4 Å². The average molecular weight is 477 g/mol. The molecule has 32 heavy (non-hydrogen) atoms. The molecule has 4 nitrogen and oxygen atoms in total. The van der Waals surface area contributed by atoms with Crippen LogP contribution in [0.5, 0.6) is 0 Å². The lowest BCUT2D eigenvalue weighted by atomic mass is 9.95. The van der Waals surface area contributed by atoms with E-state index in [1.165, 1.54) is 30.3 Å². The first-order chi connectivity index (χ1) is 15.4. The second kappa shape index (κ2) is 12.3. The highest BCUT2D eigenvalue weighted by Crippen LogP contribution is 2.22. The Morgan fingerprint density at radius 2 is 1.81 bits per heavy atom. The number of hydrogen-bond donors (Lipinski definition) is 1. The molecule has 1 N–H and O–H groups in total. The van der Waals surface area contributed by atoms with Crippen molar-refractivity contribution in [2.24, 2.45) is 0 Å². The van der Waals surface area contributed by atoms with Crippen LogP contribution in [0.2, 0.25) is 5.02 Å². The molecular formula is C25H30ClFN2O2S. The highest BCUT2D eigenvalue weighted by Gasteiger charge is 2.28. The molecule has 2 aromatic carbocycles. The fourth-order valence-electron chi connectivity index (χ4n) is 3.88. The predicted molar refractivity (Wildman–Crippen MR) is 129 cm³/mol. The number of thioether (sulfide) groups is 1. The van der Waals surface area contributed by atoms with E-state index in [9.17, 15) is 14.0 Å². The number of nitrogens with one attached hydrogen (secondary N) is 1. The van der Waals surface area contributed by atoms with E-state index in [2.05, 4.69) is 5.32 Å². The van der Waals surface area contributed by atoms with Crippen molar-refractivity contribution in [2.75, 3.05) is 5.75 Å². The number of carbonyl (C=O) groups excluding carboxylic acids is 2. The molecule has 3 rings (SSSR count). The summed E-state index contributed by atoms with van der Waals surface area (Å²) in [7, 11) is 0. The monoisotopic (exact) mass is 476 g/mol. The Morgan fingerprint density at radius 3 is 2.50 bits per heavy atom. The minimum absolute atomic E-state index is 0.122. The quantitative estimate of drug-likeness (QED) is 0.514. The standard InChI is InChI=1S/C25H30ClFN2O2S/c1-18(25(31)28-22-8-3-2-4-9-22)29(15-20-7-5-6-10-23(20)26)24(30)17-32-16-19-11-13-21(27)14-12-19/h5-7,10-14,18,22H,2-4,8-9,15-17H2,1H3,(H,28,31)/t18-/m0/s1. The van der Waals surface area contributed by atoms with Gasteiger partial charge in [-0.3, -0.25) is 9.59 Å². The number of benzene rings is 2. The number of halogens is 2. The van der Waals surface area contributed by atoms with Gasteiger partial charge in [0, 0.05) is 23.4 Å². The van der Waals surface area contributed by atoms with E-state index in [1.54, 1.807) is 30.0 Å². The molecule has 0 aromatic heterocycles. The maximum Gasteiger partial charge on any atom is 0.242 e. The Bertz CT molecular complexity index is 903. The summed E-state index contributed by atoms with van der Waals surface area (Å²) in [6.45, 7) is 2.05. The summed E-state index contributed by atoms with van der Waals surface area (Å²) >= 11 is 7.79. The summed E-state index contributed by atoms with van der Waals surface area (Å²) in [6.07, 6.45) is 5.45. The topological polar surface area (TPSA) is 49.4 Å². The van der Waals surface area contributed by atoms with Crippen molar-refractivity contribution in [3.63, 3.8) is 0 Å². The van der Waals surface area contributed by atoms with Crippen LogP contribution in [0.15, 0.2) is 48.5 Å². The molecule has 0 unspecified atom stereocenters. The van der Waals surface area contributed by atoms with Gasteiger partial charge in [-0.25, -0.2) is 4.39 Å². The van der Waals surface area contributed by atoms with Crippen LogP contribution in [0.1, 0.15) is 50.2 Å². The number of rotatable bonds is 9. The zero-order valence-corrected chi connectivity index (χ0v) is 19.9. The van der Waals surface area contributed by atoms with Crippen molar-refractivity contribution in [1.82, 2.24) is 10.2 Å². The zero-order valence-electron chi connectivity index (χ0n) is 18.4. The predicted octanol–water partition coefficient (Wildman–Crippen LogP) is 5.58. The van der Waals surface area contributed by atoms with Crippen LogP contribution >= 0.6 is 23.4 Å². The van der Waals surface area contributed by atoms with E-state index in [-0.39, 0.29) is 36.0 Å². The van der Waals surface area contributed by atoms with Gasteiger partial charge in [-0.15, -0.1) is 11.8 Å². The third-order valence-corrected chi connectivity index (χ3v) is 7.18. The van der Waals surface area contributed by atoms with Gasteiger partial charge < -0.3 is 10.2 Å². The Morgan fingerprint density at radius 1 is 1.12 bits per heavy atom. The third-order valence-electron chi connectivity index (χ3n) is 5.82. The lowest BCUT2D eigenvalue weighted by Gasteiger charge is -2.31. The average Bonchev–Trinajstić information content (AvgIpc) is 2.80. The molecule has 0 saturated heterocycles. The maximum atomic E-state index is 13.2. The molecule has 1 atom stereocenters. The van der Waals surface area contributed by atoms with Crippen molar-refractivity contribution in [3.05, 3.63) is 70.5 Å². The van der Waals surface area contributed by atoms with E-state index >= 15 is 0 Å². The van der Waals surface area contributed by atoms with Crippen LogP contribution in [0.4, 0.5) is 4.39 Å². The summed E-state index contributed by atoms with van der Waals surface area (Å²) in [4.78, 5) is 27.8. The Balaban J connectivity index is 1.65. The molecule has 1 aliphatic rings. The van der Waals surface area contributed by atoms with Gasteiger partial charge in [-0.05, 0) is 49.1 Å². The normalized spacial score (nSPS) is 15.2. The zero-order chi connectivity index (χ0) is 22.9. The molecule has 1 fully saturated rings. The highest BCUT2D eigenvalue weighted by atomic mass is 35.5. The molecule has 0 heterocycles. The van der Waals surface area contributed by atoms with Gasteiger partial charge in [0.1, 0.15) is 11.9 Å². The fourth-order valence-corrected chi connectivity index (χ4v) is 4.95. The van der Waals surface area contributed by atoms with Crippen LogP contribution in [-0.2, 0) is 21.9 Å². The summed E-state index contributed by atoms with van der Waals surface area (Å²) in [5, 5.41) is 3.71. The fraction of sp³-hybridized carbons (Fsp3) is 0.440. The van der Waals surface area contributed by atoms with Gasteiger partial charge in [0.15, 0.2) is 0 Å². The minimum Gasteiger partial charge on any atom is -0.352 e. The third kappa shape index (κ3) is 7.24. The molecule has 7 heteroatoms. The van der Waals surface area contributed by atoms with Crippen LogP contribution in [-0.4, -0.2) is 34.6 Å². The summed E-state index contributed by atoms with van der Waals surface area (Å²) in [5.41, 5.74) is 1.76. The van der Waals surface area contributed by atoms with Crippen molar-refractivity contribution in [1.29, 1.82) is 0 Å². The number of hydrogen-bond acceptors (Lipinski definition) is 3. The SMILES string of the molecule is C[C@@H](C(=O)NC1CCCCC1)N(Cc1ccccc1Cl)C(=O)CSCc1ccc(F)cc1. The summed E-state index contributed by atoms with van der Waals surface area (Å²) in [5.74, 6) is 0.292. The molecule has 0 bridgehead atoms. The lowest BCUT2D eigenvalue weighted by Crippen LogP contribution is -2.50. The van der Waals surface area contributed by atoms with Crippen molar-refractivity contribution in [3.8, 4) is 0 Å². The molecular weight excluding hydrogens is 447 g/mol. The molecule has 0 aliphatic heterocycles. The van der Waals surface area contributed by atoms with Crippen molar-refractivity contribution < 1.29 is 14.0 Å². The minimum atomic E-state index is -0.605. The van der Waals surface area contributed by atoms with Gasteiger partial charge in [-0.2, -0.15) is 0 Å². The van der Waals surface area contributed by atoms with E-state index in [4.69, 9.17) is 11.6 Å². The van der Waals surface area contributed by atoms with E-state index in [0.717, 1.165) is 36.8 Å². The van der Waals surface area contributed by atoms with Crippen LogP contribution in [0.3, 0.4) is 0 Å². The molecule has 1 saturated carbocycles. The van der Waals surface area contributed by atoms with Gasteiger partial charge in [0.2, 0.25) is 11.8 Å². The number of carbonyl (C=O) groups is 2. The highest BCUT2D eigenvalue weighted by molar-refractivity contribution is 7.99. The van der Waals surface area contributed by atoms with Gasteiger partial charge in [-0.1, -0.05) is 61.2 Å². The maximum absolute atomic E-state index is 13.2. The Labute approximate surface area is 198 Å². The van der Waals surface area contributed by atoms with Crippen molar-refractivity contribution >= 4 is 35.2 Å². The van der Waals surface area contributed by atoms with Gasteiger partial charge in [0.05, 0.1) is 5.75 Å². The Hall–Kier alpha value is -2.05. The van der Waals surface area contributed by atoms with E-state index in [0.29, 0.717) is 10.8 Å². The van der Waals surface area contributed by atoms with Crippen LogP contribution in [0.25, 0.3) is 0 Å². The number of nitrogens with zero attached hydrogens (tertiary/aromatic N) is 1. The number of amides is 2. The first-order valence-corrected chi connectivity index (χ1v) is 12.6. The lowest BCUT2D eigenvalue weighted by molar-refractivity contribution is -0.139. The molecule has 2 aromatic rings. The van der Waals surface area contributed by atoms with Crippen LogP contribution < -0.4 is 5.32 Å². The molecule has 1 aliphatic carbocycles. The molecule has 0 spiro atoms. The second-order valence-corrected chi connectivity index (χ2v) is 9.64.